The van der Waals surface area contributed by atoms with Crippen molar-refractivity contribution in [1.82, 2.24) is 10.3 Å². The first-order valence-electron chi connectivity index (χ1n) is 10.2. The number of carboxylic acid groups (broad SMARTS) is 1. The second-order valence-corrected chi connectivity index (χ2v) is 8.41. The largest absolute Gasteiger partial charge is 0.484 e. The van der Waals surface area contributed by atoms with Gasteiger partial charge in [0.2, 0.25) is 5.89 Å². The highest BCUT2D eigenvalue weighted by molar-refractivity contribution is 6.30. The molecule has 8 heteroatoms. The minimum absolute atomic E-state index is 0.0250. The Morgan fingerprint density at radius 1 is 1.09 bits per heavy atom. The van der Waals surface area contributed by atoms with E-state index in [0.29, 0.717) is 22.4 Å². The fourth-order valence-electron chi connectivity index (χ4n) is 3.23. The van der Waals surface area contributed by atoms with Crippen LogP contribution >= 0.6 is 11.6 Å². The average Bonchev–Trinajstić information content (AvgIpc) is 3.26. The molecule has 0 aliphatic carbocycles. The summed E-state index contributed by atoms with van der Waals surface area (Å²) in [5, 5.41) is 14.1. The minimum atomic E-state index is -1.45. The molecule has 1 amide bonds. The molecule has 0 atom stereocenters. The number of halogens is 1. The molecule has 1 heterocycles. The number of carboxylic acids is 1. The van der Waals surface area contributed by atoms with Crippen molar-refractivity contribution in [3.63, 3.8) is 0 Å². The molecule has 4 aromatic rings. The third kappa shape index (κ3) is 4.83. The van der Waals surface area contributed by atoms with Gasteiger partial charge in [-0.15, -0.1) is 0 Å². The summed E-state index contributed by atoms with van der Waals surface area (Å²) in [4.78, 5) is 28.7. The summed E-state index contributed by atoms with van der Waals surface area (Å²) >= 11 is 5.93. The van der Waals surface area contributed by atoms with Crippen LogP contribution in [0.25, 0.3) is 22.2 Å². The molecule has 7 nitrogen and oxygen atoms in total. The molecule has 0 fully saturated rings. The zero-order valence-corrected chi connectivity index (χ0v) is 18.7. The number of nitrogens with zero attached hydrogens (tertiary/aromatic N) is 1. The van der Waals surface area contributed by atoms with Gasteiger partial charge in [0, 0.05) is 16.0 Å². The summed E-state index contributed by atoms with van der Waals surface area (Å²) < 4.78 is 11.8. The van der Waals surface area contributed by atoms with E-state index in [4.69, 9.17) is 20.8 Å². The zero-order chi connectivity index (χ0) is 23.6. The first-order valence-corrected chi connectivity index (χ1v) is 10.5. The van der Waals surface area contributed by atoms with Crippen LogP contribution in [-0.2, 0) is 11.4 Å². The first kappa shape index (κ1) is 22.4. The molecule has 0 saturated heterocycles. The predicted octanol–water partition coefficient (Wildman–Crippen LogP) is 5.32. The Morgan fingerprint density at radius 2 is 1.82 bits per heavy atom. The Labute approximate surface area is 195 Å². The fraction of sp³-hybridized carbons (Fsp3) is 0.160. The van der Waals surface area contributed by atoms with Crippen LogP contribution < -0.4 is 10.1 Å². The van der Waals surface area contributed by atoms with Gasteiger partial charge >= 0.3 is 5.97 Å². The molecule has 0 aliphatic heterocycles. The van der Waals surface area contributed by atoms with Gasteiger partial charge in [-0.05, 0) is 49.6 Å². The molecule has 0 aliphatic rings. The van der Waals surface area contributed by atoms with Crippen molar-refractivity contribution in [2.24, 2.45) is 0 Å². The Bertz CT molecular complexity index is 1330. The van der Waals surface area contributed by atoms with E-state index in [1.165, 1.54) is 13.8 Å². The molecular formula is C25H21ClN2O5. The Kier molecular flexibility index (Phi) is 6.07. The number of hydrogen-bond acceptors (Lipinski definition) is 5. The maximum absolute atomic E-state index is 13.0. The summed E-state index contributed by atoms with van der Waals surface area (Å²) in [6.45, 7) is 2.86. The highest BCUT2D eigenvalue weighted by Crippen LogP contribution is 2.31. The van der Waals surface area contributed by atoms with Crippen molar-refractivity contribution in [3.8, 4) is 17.2 Å². The number of carbonyl (C=O) groups is 2. The maximum Gasteiger partial charge on any atom is 0.328 e. The number of aliphatic carboxylic acids is 1. The Balaban J connectivity index is 1.63. The van der Waals surface area contributed by atoms with Crippen molar-refractivity contribution in [2.75, 3.05) is 0 Å². The third-order valence-corrected chi connectivity index (χ3v) is 5.34. The third-order valence-electron chi connectivity index (χ3n) is 5.09. The molecular weight excluding hydrogens is 444 g/mol. The molecule has 2 N–H and O–H groups in total. The van der Waals surface area contributed by atoms with Crippen molar-refractivity contribution < 1.29 is 23.8 Å². The quantitative estimate of drug-likeness (QED) is 0.384. The van der Waals surface area contributed by atoms with E-state index >= 15 is 0 Å². The number of nitrogens with one attached hydrogen (secondary N) is 1. The Hall–Kier alpha value is -3.84. The number of fused-ring (bicyclic) bond motifs is 1. The van der Waals surface area contributed by atoms with E-state index in [-0.39, 0.29) is 12.2 Å². The van der Waals surface area contributed by atoms with Gasteiger partial charge in [-0.25, -0.2) is 9.78 Å². The van der Waals surface area contributed by atoms with Crippen LogP contribution in [0.1, 0.15) is 30.0 Å². The van der Waals surface area contributed by atoms with Crippen LogP contribution in [0.3, 0.4) is 0 Å². The van der Waals surface area contributed by atoms with E-state index in [1.54, 1.807) is 42.6 Å². The maximum atomic E-state index is 13.0. The monoisotopic (exact) mass is 464 g/mol. The molecule has 1 aromatic heterocycles. The topological polar surface area (TPSA) is 102 Å². The number of carbonyl (C=O) groups excluding carboxylic acids is 1. The first-order chi connectivity index (χ1) is 15.7. The van der Waals surface area contributed by atoms with Gasteiger partial charge in [0.1, 0.15) is 17.9 Å². The average molecular weight is 465 g/mol. The zero-order valence-electron chi connectivity index (χ0n) is 18.0. The van der Waals surface area contributed by atoms with Gasteiger partial charge in [0.05, 0.1) is 11.8 Å². The number of rotatable bonds is 7. The SMILES string of the molecule is CC(C)(NC(=O)c1ccc2ccccc2c1OCc1cnc(-c2ccc(Cl)cc2)o1)C(=O)O. The van der Waals surface area contributed by atoms with E-state index in [2.05, 4.69) is 10.3 Å². The summed E-state index contributed by atoms with van der Waals surface area (Å²) in [6, 6.07) is 18.0. The number of hydrogen-bond donors (Lipinski definition) is 2. The number of oxazole rings is 1. The van der Waals surface area contributed by atoms with Crippen molar-refractivity contribution >= 4 is 34.2 Å². The highest BCUT2D eigenvalue weighted by atomic mass is 35.5. The number of amides is 1. The van der Waals surface area contributed by atoms with E-state index in [1.807, 2.05) is 24.3 Å². The van der Waals surface area contributed by atoms with Crippen LogP contribution in [0.15, 0.2) is 71.3 Å². The van der Waals surface area contributed by atoms with Gasteiger partial charge < -0.3 is 19.6 Å². The van der Waals surface area contributed by atoms with E-state index in [9.17, 15) is 14.7 Å². The lowest BCUT2D eigenvalue weighted by molar-refractivity contribution is -0.143. The van der Waals surface area contributed by atoms with Crippen molar-refractivity contribution in [2.45, 2.75) is 26.0 Å². The second-order valence-electron chi connectivity index (χ2n) is 7.97. The molecule has 0 unspecified atom stereocenters. The minimum Gasteiger partial charge on any atom is -0.484 e. The predicted molar refractivity (Wildman–Crippen MR) is 124 cm³/mol. The molecule has 0 spiro atoms. The molecule has 0 saturated carbocycles. The highest BCUT2D eigenvalue weighted by Gasteiger charge is 2.30. The molecule has 0 radical (unpaired) electrons. The lowest BCUT2D eigenvalue weighted by Crippen LogP contribution is -2.49. The molecule has 0 bridgehead atoms. The molecule has 4 rings (SSSR count). The van der Waals surface area contributed by atoms with E-state index < -0.39 is 17.4 Å². The van der Waals surface area contributed by atoms with Crippen LogP contribution in [-0.4, -0.2) is 27.5 Å². The number of ether oxygens (including phenoxy) is 1. The summed E-state index contributed by atoms with van der Waals surface area (Å²) in [7, 11) is 0. The number of benzene rings is 3. The number of aromatic nitrogens is 1. The van der Waals surface area contributed by atoms with Crippen molar-refractivity contribution in [3.05, 3.63) is 83.2 Å². The standard InChI is InChI=1S/C25H21ClN2O5/c1-25(2,24(30)31)28-22(29)20-12-9-15-5-3-4-6-19(15)21(20)32-14-18-13-27-23(33-18)16-7-10-17(26)11-8-16/h3-13H,14H2,1-2H3,(H,28,29)(H,30,31). The van der Waals surface area contributed by atoms with Crippen LogP contribution in [0.4, 0.5) is 0 Å². The van der Waals surface area contributed by atoms with Crippen LogP contribution in [0, 0.1) is 0 Å². The molecule has 3 aromatic carbocycles. The lowest BCUT2D eigenvalue weighted by atomic mass is 10.0. The Morgan fingerprint density at radius 3 is 2.55 bits per heavy atom. The molecule has 33 heavy (non-hydrogen) atoms. The van der Waals surface area contributed by atoms with Gasteiger partial charge in [-0.1, -0.05) is 41.9 Å². The smallest absolute Gasteiger partial charge is 0.328 e. The van der Waals surface area contributed by atoms with Crippen LogP contribution in [0.2, 0.25) is 5.02 Å². The lowest BCUT2D eigenvalue weighted by Gasteiger charge is -2.22. The van der Waals surface area contributed by atoms with E-state index in [0.717, 1.165) is 16.3 Å². The van der Waals surface area contributed by atoms with Crippen LogP contribution in [0.5, 0.6) is 5.75 Å². The summed E-state index contributed by atoms with van der Waals surface area (Å²) in [5.74, 6) is -0.483. The normalized spacial score (nSPS) is 11.4. The summed E-state index contributed by atoms with van der Waals surface area (Å²) in [6.07, 6.45) is 1.56. The summed E-state index contributed by atoms with van der Waals surface area (Å²) in [5.41, 5.74) is -0.453. The van der Waals surface area contributed by atoms with Gasteiger partial charge in [-0.3, -0.25) is 4.79 Å². The molecule has 168 valence electrons. The van der Waals surface area contributed by atoms with Gasteiger partial charge in [0.15, 0.2) is 5.76 Å². The fourth-order valence-corrected chi connectivity index (χ4v) is 3.35. The van der Waals surface area contributed by atoms with Crippen molar-refractivity contribution in [1.29, 1.82) is 0 Å². The second kappa shape index (κ2) is 8.96. The van der Waals surface area contributed by atoms with Gasteiger partial charge in [-0.2, -0.15) is 0 Å². The van der Waals surface area contributed by atoms with Gasteiger partial charge in [0.25, 0.3) is 5.91 Å².